The number of anilines is 1. The molecule has 0 aliphatic heterocycles. The van der Waals surface area contributed by atoms with Crippen molar-refractivity contribution in [2.75, 3.05) is 11.9 Å². The van der Waals surface area contributed by atoms with Crippen LogP contribution in [0, 0.1) is 6.92 Å². The standard InChI is InChI=1S/C18H21ClN2O3S/c1-12(2)14-8-6-7-13(3)18(14)21-17(22)11-20-25(23,24)16-10-5-4-9-15(16)19/h4-10,12,20H,11H2,1-3H3,(H,21,22). The first-order chi connectivity index (χ1) is 11.7. The van der Waals surface area contributed by atoms with E-state index in [1.54, 1.807) is 12.1 Å². The van der Waals surface area contributed by atoms with E-state index in [1.165, 1.54) is 12.1 Å². The average Bonchev–Trinajstić information content (AvgIpc) is 2.55. The molecule has 2 aromatic rings. The van der Waals surface area contributed by atoms with Crippen LogP contribution in [0.1, 0.15) is 30.9 Å². The summed E-state index contributed by atoms with van der Waals surface area (Å²) in [6.07, 6.45) is 0. The van der Waals surface area contributed by atoms with E-state index >= 15 is 0 Å². The van der Waals surface area contributed by atoms with Gasteiger partial charge in [-0.2, -0.15) is 0 Å². The van der Waals surface area contributed by atoms with Gasteiger partial charge in [0.05, 0.1) is 11.6 Å². The lowest BCUT2D eigenvalue weighted by atomic mass is 9.98. The Morgan fingerprint density at radius 3 is 2.44 bits per heavy atom. The molecule has 25 heavy (non-hydrogen) atoms. The molecule has 0 aliphatic carbocycles. The summed E-state index contributed by atoms with van der Waals surface area (Å²) in [7, 11) is -3.86. The lowest BCUT2D eigenvalue weighted by Gasteiger charge is -2.16. The zero-order valence-electron chi connectivity index (χ0n) is 14.3. The maximum atomic E-state index is 12.3. The molecule has 0 bridgehead atoms. The molecule has 0 unspecified atom stereocenters. The third-order valence-electron chi connectivity index (χ3n) is 3.74. The summed E-state index contributed by atoms with van der Waals surface area (Å²) in [5.74, 6) is -0.207. The quantitative estimate of drug-likeness (QED) is 0.802. The van der Waals surface area contributed by atoms with E-state index in [2.05, 4.69) is 10.0 Å². The number of halogens is 1. The van der Waals surface area contributed by atoms with Crippen LogP contribution in [0.5, 0.6) is 0 Å². The molecule has 0 heterocycles. The summed E-state index contributed by atoms with van der Waals surface area (Å²) in [6, 6.07) is 11.9. The molecule has 0 atom stereocenters. The fourth-order valence-corrected chi connectivity index (χ4v) is 3.93. The van der Waals surface area contributed by atoms with Crippen molar-refractivity contribution in [1.29, 1.82) is 0 Å². The Balaban J connectivity index is 2.11. The number of rotatable bonds is 6. The van der Waals surface area contributed by atoms with Gasteiger partial charge in [0.2, 0.25) is 15.9 Å². The number of carbonyl (C=O) groups excluding carboxylic acids is 1. The molecule has 7 heteroatoms. The van der Waals surface area contributed by atoms with Gasteiger partial charge < -0.3 is 5.32 Å². The number of carbonyl (C=O) groups is 1. The molecule has 2 rings (SSSR count). The Morgan fingerprint density at radius 1 is 1.12 bits per heavy atom. The Hall–Kier alpha value is -1.89. The fourth-order valence-electron chi connectivity index (χ4n) is 2.43. The molecule has 0 radical (unpaired) electrons. The molecule has 2 aromatic carbocycles. The third kappa shape index (κ3) is 4.81. The summed E-state index contributed by atoms with van der Waals surface area (Å²) in [5, 5.41) is 2.91. The molecule has 5 nitrogen and oxygen atoms in total. The highest BCUT2D eigenvalue weighted by molar-refractivity contribution is 7.89. The van der Waals surface area contributed by atoms with E-state index in [9.17, 15) is 13.2 Å². The molecule has 1 amide bonds. The normalized spacial score (nSPS) is 11.6. The van der Waals surface area contributed by atoms with Gasteiger partial charge in [-0.1, -0.05) is 55.8 Å². The van der Waals surface area contributed by atoms with Crippen molar-refractivity contribution in [1.82, 2.24) is 4.72 Å². The van der Waals surface area contributed by atoms with Crippen molar-refractivity contribution >= 4 is 33.2 Å². The summed E-state index contributed by atoms with van der Waals surface area (Å²) in [5.41, 5.74) is 2.65. The van der Waals surface area contributed by atoms with Crippen LogP contribution in [0.4, 0.5) is 5.69 Å². The largest absolute Gasteiger partial charge is 0.324 e. The number of hydrogen-bond donors (Lipinski definition) is 2. The Labute approximate surface area is 153 Å². The van der Waals surface area contributed by atoms with Crippen molar-refractivity contribution in [2.24, 2.45) is 0 Å². The van der Waals surface area contributed by atoms with Crippen LogP contribution in [-0.4, -0.2) is 20.9 Å². The molecule has 0 saturated carbocycles. The van der Waals surface area contributed by atoms with Crippen LogP contribution in [-0.2, 0) is 14.8 Å². The van der Waals surface area contributed by atoms with E-state index in [1.807, 2.05) is 39.0 Å². The number of hydrogen-bond acceptors (Lipinski definition) is 3. The lowest BCUT2D eigenvalue weighted by molar-refractivity contribution is -0.115. The van der Waals surface area contributed by atoms with Crippen LogP contribution >= 0.6 is 11.6 Å². The summed E-state index contributed by atoms with van der Waals surface area (Å²) < 4.78 is 26.8. The number of amides is 1. The van der Waals surface area contributed by atoms with Crippen LogP contribution in [0.25, 0.3) is 0 Å². The predicted molar refractivity (Wildman–Crippen MR) is 101 cm³/mol. The number of benzene rings is 2. The lowest BCUT2D eigenvalue weighted by Crippen LogP contribution is -2.33. The smallest absolute Gasteiger partial charge is 0.242 e. The monoisotopic (exact) mass is 380 g/mol. The van der Waals surface area contributed by atoms with Gasteiger partial charge in [0.15, 0.2) is 0 Å². The van der Waals surface area contributed by atoms with E-state index in [-0.39, 0.29) is 22.4 Å². The summed E-state index contributed by atoms with van der Waals surface area (Å²) in [6.45, 7) is 5.59. The minimum atomic E-state index is -3.86. The van der Waals surface area contributed by atoms with Crippen molar-refractivity contribution in [3.63, 3.8) is 0 Å². The van der Waals surface area contributed by atoms with E-state index in [4.69, 9.17) is 11.6 Å². The molecule has 0 aliphatic rings. The number of aryl methyl sites for hydroxylation is 1. The molecule has 0 aromatic heterocycles. The van der Waals surface area contributed by atoms with Crippen LogP contribution in [0.15, 0.2) is 47.4 Å². The van der Waals surface area contributed by atoms with Gasteiger partial charge in [-0.25, -0.2) is 13.1 Å². The maximum absolute atomic E-state index is 12.3. The second-order valence-electron chi connectivity index (χ2n) is 6.00. The van der Waals surface area contributed by atoms with Crippen molar-refractivity contribution in [3.8, 4) is 0 Å². The number of para-hydroxylation sites is 1. The minimum absolute atomic E-state index is 0.0526. The second-order valence-corrected chi connectivity index (χ2v) is 8.14. The van der Waals surface area contributed by atoms with Gasteiger partial charge in [-0.3, -0.25) is 4.79 Å². The summed E-state index contributed by atoms with van der Waals surface area (Å²) >= 11 is 5.91. The molecule has 134 valence electrons. The molecule has 0 spiro atoms. The molecular weight excluding hydrogens is 360 g/mol. The first-order valence-electron chi connectivity index (χ1n) is 7.86. The van der Waals surface area contributed by atoms with Crippen LogP contribution in [0.3, 0.4) is 0 Å². The van der Waals surface area contributed by atoms with E-state index in [0.29, 0.717) is 0 Å². The molecular formula is C18H21ClN2O3S. The average molecular weight is 381 g/mol. The second kappa shape index (κ2) is 7.99. The predicted octanol–water partition coefficient (Wildman–Crippen LogP) is 3.69. The maximum Gasteiger partial charge on any atom is 0.242 e. The Morgan fingerprint density at radius 2 is 1.80 bits per heavy atom. The van der Waals surface area contributed by atoms with Crippen molar-refractivity contribution < 1.29 is 13.2 Å². The topological polar surface area (TPSA) is 75.3 Å². The Kier molecular flexibility index (Phi) is 6.21. The zero-order chi connectivity index (χ0) is 18.6. The number of nitrogens with one attached hydrogen (secondary N) is 2. The van der Waals surface area contributed by atoms with Crippen molar-refractivity contribution in [3.05, 3.63) is 58.6 Å². The highest BCUT2D eigenvalue weighted by Gasteiger charge is 2.19. The van der Waals surface area contributed by atoms with Gasteiger partial charge in [0.25, 0.3) is 0 Å². The first kappa shape index (κ1) is 19.4. The van der Waals surface area contributed by atoms with Gasteiger partial charge in [-0.15, -0.1) is 0 Å². The Bertz CT molecular complexity index is 880. The minimum Gasteiger partial charge on any atom is -0.324 e. The number of sulfonamides is 1. The third-order valence-corrected chi connectivity index (χ3v) is 5.64. The fraction of sp³-hybridized carbons (Fsp3) is 0.278. The molecule has 0 fully saturated rings. The van der Waals surface area contributed by atoms with Gasteiger partial charge in [-0.05, 0) is 36.1 Å². The molecule has 2 N–H and O–H groups in total. The van der Waals surface area contributed by atoms with Gasteiger partial charge >= 0.3 is 0 Å². The van der Waals surface area contributed by atoms with Gasteiger partial charge in [0, 0.05) is 5.69 Å². The first-order valence-corrected chi connectivity index (χ1v) is 9.72. The van der Waals surface area contributed by atoms with E-state index < -0.39 is 15.9 Å². The highest BCUT2D eigenvalue weighted by atomic mass is 35.5. The van der Waals surface area contributed by atoms with Crippen LogP contribution in [0.2, 0.25) is 5.02 Å². The zero-order valence-corrected chi connectivity index (χ0v) is 15.9. The molecule has 0 saturated heterocycles. The van der Waals surface area contributed by atoms with E-state index in [0.717, 1.165) is 16.8 Å². The van der Waals surface area contributed by atoms with Crippen molar-refractivity contribution in [2.45, 2.75) is 31.6 Å². The SMILES string of the molecule is Cc1cccc(C(C)C)c1NC(=O)CNS(=O)(=O)c1ccccc1Cl. The summed E-state index contributed by atoms with van der Waals surface area (Å²) in [4.78, 5) is 12.2. The van der Waals surface area contributed by atoms with Gasteiger partial charge in [0.1, 0.15) is 4.90 Å². The highest BCUT2D eigenvalue weighted by Crippen LogP contribution is 2.27. The van der Waals surface area contributed by atoms with Crippen LogP contribution < -0.4 is 10.0 Å².